The highest BCUT2D eigenvalue weighted by molar-refractivity contribution is 6.24. The van der Waals surface area contributed by atoms with Crippen LogP contribution in [0.3, 0.4) is 0 Å². The van der Waals surface area contributed by atoms with Gasteiger partial charge in [0.15, 0.2) is 11.6 Å². The molecule has 0 spiro atoms. The molecule has 9 aromatic carbocycles. The second-order valence-corrected chi connectivity index (χ2v) is 14.6. The van der Waals surface area contributed by atoms with Crippen LogP contribution in [0.2, 0.25) is 0 Å². The van der Waals surface area contributed by atoms with Crippen molar-refractivity contribution in [3.8, 4) is 67.8 Å². The predicted octanol–water partition coefficient (Wildman–Crippen LogP) is 14.4. The molecule has 290 valence electrons. The largest absolute Gasteiger partial charge is 0.307 e. The van der Waals surface area contributed by atoms with Crippen LogP contribution in [0.5, 0.6) is 0 Å². The second kappa shape index (κ2) is 14.7. The summed E-state index contributed by atoms with van der Waals surface area (Å²) >= 11 is 0. The molecule has 3 aromatic heterocycles. The Labute approximate surface area is 376 Å². The molecule has 0 aliphatic carbocycles. The summed E-state index contributed by atoms with van der Waals surface area (Å²) in [6.45, 7) is 0. The number of fused-ring (bicyclic) bond motifs is 7. The predicted molar refractivity (Wildman–Crippen MR) is 256 cm³/mol. The first-order valence-corrected chi connectivity index (χ1v) is 19.9. The van der Waals surface area contributed by atoms with E-state index in [0.717, 1.165) is 66.6 Å². The van der Waals surface area contributed by atoms with Crippen LogP contribution in [0, 0.1) is 0 Å². The van der Waals surface area contributed by atoms with Crippen LogP contribution < -0.4 is 0 Å². The topological polar surface area (TPSA) is 48.5 Å². The number of nitrogens with zero attached hydrogens (tertiary/aromatic N) is 5. The summed E-state index contributed by atoms with van der Waals surface area (Å²) < 4.78 is 119. The van der Waals surface area contributed by atoms with Gasteiger partial charge in [-0.1, -0.05) is 206 Å². The van der Waals surface area contributed by atoms with Crippen LogP contribution in [0.25, 0.3) is 111 Å². The zero-order valence-electron chi connectivity index (χ0n) is 45.6. The molecule has 0 N–H and O–H groups in total. The Morgan fingerprint density at radius 3 is 1.55 bits per heavy atom. The van der Waals surface area contributed by atoms with E-state index in [1.54, 1.807) is 4.57 Å². The molecule has 3 heterocycles. The molecule has 0 saturated carbocycles. The van der Waals surface area contributed by atoms with Crippen LogP contribution in [0.1, 0.15) is 17.8 Å². The van der Waals surface area contributed by atoms with Gasteiger partial charge in [0.1, 0.15) is 0 Å². The van der Waals surface area contributed by atoms with E-state index in [0.29, 0.717) is 11.0 Å². The fourth-order valence-corrected chi connectivity index (χ4v) is 8.37. The van der Waals surface area contributed by atoms with E-state index in [1.807, 2.05) is 78.9 Å². The van der Waals surface area contributed by atoms with Crippen molar-refractivity contribution in [2.75, 3.05) is 0 Å². The first kappa shape index (κ1) is 24.6. The van der Waals surface area contributed by atoms with Crippen molar-refractivity contribution in [2.24, 2.45) is 0 Å². The van der Waals surface area contributed by atoms with Gasteiger partial charge < -0.3 is 4.57 Å². The number of hydrogen-bond donors (Lipinski definition) is 0. The summed E-state index contributed by atoms with van der Waals surface area (Å²) in [6, 6.07) is 39.3. The van der Waals surface area contributed by atoms with Crippen LogP contribution in [-0.2, 0) is 0 Å². The molecule has 0 fully saturated rings. The van der Waals surface area contributed by atoms with Gasteiger partial charge in [-0.2, -0.15) is 9.97 Å². The first-order chi connectivity index (χ1) is 36.2. The van der Waals surface area contributed by atoms with Crippen LogP contribution >= 0.6 is 0 Å². The van der Waals surface area contributed by atoms with E-state index in [4.69, 9.17) is 22.3 Å². The smallest absolute Gasteiger partial charge is 0.238 e. The third-order valence-electron chi connectivity index (χ3n) is 11.1. The SMILES string of the molecule is [2H]c1cc(-c2c([2H])c([2H])c(-c3nc(-c4c([2H])c([2H])c([2H])c([2H])c4[2H])nc(-n4c5ccccc5c5ccc6c7ccccc7n(-c7cc(-c8ccccc8)ccc7-c7ccccc7)c6c54)n3)c([2H])c2[2H])c([2H])c([2H])c1[2H]. The Hall–Kier alpha value is -8.41. The molecule has 0 radical (unpaired) electrons. The molecule has 5 nitrogen and oxygen atoms in total. The van der Waals surface area contributed by atoms with Crippen molar-refractivity contribution in [2.45, 2.75) is 0 Å². The lowest BCUT2D eigenvalue weighted by atomic mass is 9.98. The van der Waals surface area contributed by atoms with E-state index in [2.05, 4.69) is 70.2 Å². The highest BCUT2D eigenvalue weighted by Crippen LogP contribution is 2.44. The Morgan fingerprint density at radius 1 is 0.339 bits per heavy atom. The Kier molecular flexibility index (Phi) is 5.84. The lowest BCUT2D eigenvalue weighted by molar-refractivity contribution is 0.953. The maximum Gasteiger partial charge on any atom is 0.238 e. The number of rotatable bonds is 7. The van der Waals surface area contributed by atoms with E-state index < -0.39 is 101 Å². The minimum Gasteiger partial charge on any atom is -0.307 e. The Balaban J connectivity index is 1.24. The number of aromatic nitrogens is 5. The zero-order valence-corrected chi connectivity index (χ0v) is 32.6. The van der Waals surface area contributed by atoms with Gasteiger partial charge >= 0.3 is 0 Å². The van der Waals surface area contributed by atoms with Crippen molar-refractivity contribution in [1.29, 1.82) is 0 Å². The molecule has 62 heavy (non-hydrogen) atoms. The molecule has 0 amide bonds. The Morgan fingerprint density at radius 2 is 0.871 bits per heavy atom. The molecular weight excluding hydrogens is 755 g/mol. The quantitative estimate of drug-likeness (QED) is 0.161. The van der Waals surface area contributed by atoms with Crippen LogP contribution in [-0.4, -0.2) is 24.1 Å². The summed E-state index contributed by atoms with van der Waals surface area (Å²) in [7, 11) is 0. The molecule has 0 aliphatic rings. The molecule has 0 aliphatic heterocycles. The van der Waals surface area contributed by atoms with E-state index >= 15 is 0 Å². The second-order valence-electron chi connectivity index (χ2n) is 14.6. The fourth-order valence-electron chi connectivity index (χ4n) is 8.37. The lowest BCUT2D eigenvalue weighted by Gasteiger charge is -2.17. The van der Waals surface area contributed by atoms with Crippen molar-refractivity contribution in [3.63, 3.8) is 0 Å². The summed E-state index contributed by atoms with van der Waals surface area (Å²) in [5, 5.41) is 3.34. The van der Waals surface area contributed by atoms with Gasteiger partial charge in [0, 0.05) is 38.2 Å². The van der Waals surface area contributed by atoms with Crippen molar-refractivity contribution < 1.29 is 17.8 Å². The zero-order chi connectivity index (χ0) is 52.3. The third-order valence-corrected chi connectivity index (χ3v) is 11.1. The average Bonchev–Trinajstić information content (AvgIpc) is 3.99. The molecular formula is C57H37N5. The molecule has 12 aromatic rings. The maximum absolute atomic E-state index is 9.46. The van der Waals surface area contributed by atoms with Gasteiger partial charge in [0.2, 0.25) is 5.95 Å². The van der Waals surface area contributed by atoms with Gasteiger partial charge in [-0.25, -0.2) is 4.98 Å². The van der Waals surface area contributed by atoms with Crippen LogP contribution in [0.4, 0.5) is 0 Å². The summed E-state index contributed by atoms with van der Waals surface area (Å²) in [4.78, 5) is 14.6. The van der Waals surface area contributed by atoms with Crippen LogP contribution in [0.15, 0.2) is 224 Å². The highest BCUT2D eigenvalue weighted by Gasteiger charge is 2.25. The van der Waals surface area contributed by atoms with E-state index in [9.17, 15) is 5.48 Å². The van der Waals surface area contributed by atoms with E-state index in [1.165, 1.54) is 0 Å². The summed E-state index contributed by atoms with van der Waals surface area (Å²) in [5.74, 6) is -0.983. The minimum absolute atomic E-state index is 0.142. The van der Waals surface area contributed by atoms with Gasteiger partial charge in [0.25, 0.3) is 0 Å². The van der Waals surface area contributed by atoms with Crippen molar-refractivity contribution >= 4 is 43.6 Å². The average molecular weight is 805 g/mol. The number of hydrogen-bond acceptors (Lipinski definition) is 3. The number of para-hydroxylation sites is 2. The third kappa shape index (κ3) is 5.90. The standard InChI is InChI=1S/C57H37N5/c1-5-17-38(18-6-1)40-29-31-43(32-30-40)56-58-55(42-23-11-4-12-24-42)59-57(60-56)62-51-28-16-14-26-47(51)49-36-35-48-46-25-13-15-27-50(46)61(53(48)54(49)62)52-37-44(39-19-7-2-8-20-39)33-34-45(52)41-21-9-3-10-22-41/h1-37H/i1D,4D,5D,6D,11D,12D,17D,23D,24D,29D,30D,31D,32D. The van der Waals surface area contributed by atoms with Gasteiger partial charge in [-0.3, -0.25) is 4.57 Å². The fraction of sp³-hybridized carbons (Fsp3) is 0. The molecule has 0 bridgehead atoms. The monoisotopic (exact) mass is 804 g/mol. The summed E-state index contributed by atoms with van der Waals surface area (Å²) in [6.07, 6.45) is 0. The molecule has 0 atom stereocenters. The van der Waals surface area contributed by atoms with E-state index in [-0.39, 0.29) is 17.1 Å². The highest BCUT2D eigenvalue weighted by atomic mass is 15.2. The molecule has 0 saturated heterocycles. The molecule has 12 rings (SSSR count). The van der Waals surface area contributed by atoms with Crippen molar-refractivity contribution in [1.82, 2.24) is 24.1 Å². The first-order valence-electron chi connectivity index (χ1n) is 26.4. The summed E-state index contributed by atoms with van der Waals surface area (Å²) in [5.41, 5.74) is 6.06. The van der Waals surface area contributed by atoms with Crippen molar-refractivity contribution in [3.05, 3.63) is 224 Å². The normalized spacial score (nSPS) is 14.5. The van der Waals surface area contributed by atoms with Gasteiger partial charge in [0.05, 0.1) is 45.6 Å². The minimum atomic E-state index is -0.668. The van der Waals surface area contributed by atoms with Gasteiger partial charge in [-0.05, 0) is 46.0 Å². The van der Waals surface area contributed by atoms with Gasteiger partial charge in [-0.15, -0.1) is 0 Å². The molecule has 5 heteroatoms. The number of benzene rings is 9. The maximum atomic E-state index is 9.46. The Bertz CT molecular complexity index is 4350. The molecule has 0 unspecified atom stereocenters. The lowest BCUT2D eigenvalue weighted by Crippen LogP contribution is -2.07.